The molecule has 0 aliphatic rings. The van der Waals surface area contributed by atoms with Crippen LogP contribution in [-0.2, 0) is 6.42 Å². The number of hydrogen-bond acceptors (Lipinski definition) is 4. The normalized spacial score (nSPS) is 13.0. The molecule has 20 heavy (non-hydrogen) atoms. The summed E-state index contributed by atoms with van der Waals surface area (Å²) in [6.45, 7) is 2.05. The molecule has 1 atom stereocenters. The van der Waals surface area contributed by atoms with Crippen molar-refractivity contribution in [3.8, 4) is 0 Å². The summed E-state index contributed by atoms with van der Waals surface area (Å²) in [5.41, 5.74) is 0.808. The minimum atomic E-state index is 0.298. The van der Waals surface area contributed by atoms with Crippen molar-refractivity contribution in [3.63, 3.8) is 0 Å². The van der Waals surface area contributed by atoms with Crippen molar-refractivity contribution in [1.82, 2.24) is 15.5 Å². The lowest BCUT2D eigenvalue weighted by Crippen LogP contribution is -2.24. The Morgan fingerprint density at radius 1 is 1.35 bits per heavy atom. The molecule has 1 aromatic heterocycles. The number of rotatable bonds is 5. The Balaban J connectivity index is 2.10. The highest BCUT2D eigenvalue weighted by atomic mass is 35.5. The van der Waals surface area contributed by atoms with E-state index in [1.165, 1.54) is 0 Å². The van der Waals surface area contributed by atoms with Crippen LogP contribution in [0.1, 0.15) is 24.2 Å². The maximum absolute atomic E-state index is 6.09. The number of halogens is 2. The van der Waals surface area contributed by atoms with Gasteiger partial charge in [0.25, 0.3) is 5.89 Å². The highest BCUT2D eigenvalue weighted by molar-refractivity contribution is 6.42. The van der Waals surface area contributed by atoms with Gasteiger partial charge < -0.3 is 9.84 Å². The molecule has 0 spiro atoms. The molecule has 1 N–H and O–H groups in total. The molecule has 0 bridgehead atoms. The third kappa shape index (κ3) is 3.82. The molecular formula is C14H15Cl2N3O. The van der Waals surface area contributed by atoms with Crippen molar-refractivity contribution >= 4 is 35.4 Å². The van der Waals surface area contributed by atoms with Crippen LogP contribution in [0, 0.1) is 0 Å². The van der Waals surface area contributed by atoms with Crippen LogP contribution in [0.15, 0.2) is 22.7 Å². The van der Waals surface area contributed by atoms with Crippen LogP contribution in [0.5, 0.6) is 0 Å². The molecule has 4 nitrogen and oxygen atoms in total. The molecule has 2 aromatic rings. The zero-order chi connectivity index (χ0) is 14.5. The molecule has 0 aliphatic carbocycles. The second-order valence-electron chi connectivity index (χ2n) is 4.42. The van der Waals surface area contributed by atoms with Gasteiger partial charge >= 0.3 is 0 Å². The third-order valence-electron chi connectivity index (χ3n) is 2.85. The van der Waals surface area contributed by atoms with Crippen molar-refractivity contribution in [3.05, 3.63) is 45.5 Å². The van der Waals surface area contributed by atoms with Crippen LogP contribution < -0.4 is 5.32 Å². The minimum Gasteiger partial charge on any atom is -0.335 e. The molecule has 0 aliphatic heterocycles. The first-order chi connectivity index (χ1) is 9.60. The number of nitrogens with zero attached hydrogens (tertiary/aromatic N) is 2. The van der Waals surface area contributed by atoms with E-state index in [0.29, 0.717) is 34.2 Å². The summed E-state index contributed by atoms with van der Waals surface area (Å²) < 4.78 is 5.15. The Labute approximate surface area is 127 Å². The van der Waals surface area contributed by atoms with E-state index in [1.54, 1.807) is 18.2 Å². The number of hydrogen-bond donors (Lipinski definition) is 1. The fourth-order valence-corrected chi connectivity index (χ4v) is 1.98. The zero-order valence-corrected chi connectivity index (χ0v) is 12.7. The van der Waals surface area contributed by atoms with Gasteiger partial charge in [-0.2, -0.15) is 4.98 Å². The minimum absolute atomic E-state index is 0.298. The highest BCUT2D eigenvalue weighted by Gasteiger charge is 2.08. The Kier molecular flexibility index (Phi) is 5.17. The molecule has 1 unspecified atom stereocenters. The topological polar surface area (TPSA) is 51.0 Å². The predicted octanol–water partition coefficient (Wildman–Crippen LogP) is 3.70. The fraction of sp³-hybridized carbons (Fsp3) is 0.286. The molecule has 6 heteroatoms. The van der Waals surface area contributed by atoms with Gasteiger partial charge in [-0.05, 0) is 31.7 Å². The van der Waals surface area contributed by atoms with Gasteiger partial charge in [-0.25, -0.2) is 0 Å². The molecule has 1 heterocycles. The maximum Gasteiger partial charge on any atom is 0.250 e. The van der Waals surface area contributed by atoms with Crippen molar-refractivity contribution in [2.24, 2.45) is 0 Å². The second-order valence-corrected chi connectivity index (χ2v) is 5.20. The monoisotopic (exact) mass is 311 g/mol. The Bertz CT molecular complexity index is 610. The van der Waals surface area contributed by atoms with Gasteiger partial charge in [-0.1, -0.05) is 40.5 Å². The van der Waals surface area contributed by atoms with E-state index in [4.69, 9.17) is 27.7 Å². The van der Waals surface area contributed by atoms with Crippen LogP contribution in [0.3, 0.4) is 0 Å². The summed E-state index contributed by atoms with van der Waals surface area (Å²) in [5.74, 6) is 1.11. The van der Waals surface area contributed by atoms with Gasteiger partial charge in [0.15, 0.2) is 5.82 Å². The Morgan fingerprint density at radius 3 is 2.90 bits per heavy atom. The third-order valence-corrected chi connectivity index (χ3v) is 3.69. The van der Waals surface area contributed by atoms with Crippen molar-refractivity contribution in [2.75, 3.05) is 7.05 Å². The van der Waals surface area contributed by atoms with E-state index >= 15 is 0 Å². The van der Waals surface area contributed by atoms with E-state index < -0.39 is 0 Å². The molecular weight excluding hydrogens is 297 g/mol. The summed E-state index contributed by atoms with van der Waals surface area (Å²) in [5, 5.41) is 8.07. The molecule has 0 radical (unpaired) electrons. The van der Waals surface area contributed by atoms with Gasteiger partial charge in [0.1, 0.15) is 0 Å². The molecule has 0 saturated carbocycles. The number of likely N-dealkylation sites (N-methyl/N-ethyl adjacent to an activating group) is 1. The van der Waals surface area contributed by atoms with E-state index in [2.05, 4.69) is 22.4 Å². The smallest absolute Gasteiger partial charge is 0.250 e. The average molecular weight is 312 g/mol. The van der Waals surface area contributed by atoms with Crippen LogP contribution in [0.2, 0.25) is 10.0 Å². The van der Waals surface area contributed by atoms with E-state index in [-0.39, 0.29) is 0 Å². The van der Waals surface area contributed by atoms with Gasteiger partial charge in [-0.15, -0.1) is 0 Å². The van der Waals surface area contributed by atoms with E-state index in [0.717, 1.165) is 5.56 Å². The first kappa shape index (κ1) is 15.0. The Hall–Kier alpha value is -1.36. The van der Waals surface area contributed by atoms with Gasteiger partial charge in [0, 0.05) is 18.5 Å². The van der Waals surface area contributed by atoms with Crippen LogP contribution >= 0.6 is 23.2 Å². The van der Waals surface area contributed by atoms with Crippen molar-refractivity contribution in [1.29, 1.82) is 0 Å². The molecule has 1 aromatic carbocycles. The van der Waals surface area contributed by atoms with E-state index in [1.807, 2.05) is 19.2 Å². The summed E-state index contributed by atoms with van der Waals surface area (Å²) in [7, 11) is 1.90. The molecule has 0 fully saturated rings. The first-order valence-electron chi connectivity index (χ1n) is 6.22. The average Bonchev–Trinajstić information content (AvgIpc) is 2.88. The summed E-state index contributed by atoms with van der Waals surface area (Å²) in [6.07, 6.45) is 4.23. The SMILES string of the molecule is CNC(C)Cc1noc(/C=C/c2cccc(Cl)c2Cl)n1. The zero-order valence-electron chi connectivity index (χ0n) is 11.2. The lowest BCUT2D eigenvalue weighted by atomic mass is 10.2. The van der Waals surface area contributed by atoms with Crippen molar-refractivity contribution in [2.45, 2.75) is 19.4 Å². The number of nitrogens with one attached hydrogen (secondary N) is 1. The summed E-state index contributed by atoms with van der Waals surface area (Å²) in [6, 6.07) is 5.74. The standard InChI is InChI=1S/C14H15Cl2N3O/c1-9(17-2)8-12-18-13(20-19-12)7-6-10-4-3-5-11(15)14(10)16/h3-7,9,17H,8H2,1-2H3/b7-6+. The Morgan fingerprint density at radius 2 is 2.15 bits per heavy atom. The molecule has 106 valence electrons. The van der Waals surface area contributed by atoms with Crippen molar-refractivity contribution < 1.29 is 4.52 Å². The lowest BCUT2D eigenvalue weighted by molar-refractivity contribution is 0.400. The van der Waals surface area contributed by atoms with Gasteiger partial charge in [-0.3, -0.25) is 0 Å². The summed E-state index contributed by atoms with van der Waals surface area (Å²) >= 11 is 12.0. The predicted molar refractivity (Wildman–Crippen MR) is 81.9 cm³/mol. The lowest BCUT2D eigenvalue weighted by Gasteiger charge is -2.04. The molecule has 0 amide bonds. The number of benzene rings is 1. The van der Waals surface area contributed by atoms with Crippen LogP contribution in [-0.4, -0.2) is 23.2 Å². The van der Waals surface area contributed by atoms with E-state index in [9.17, 15) is 0 Å². The first-order valence-corrected chi connectivity index (χ1v) is 6.97. The summed E-state index contributed by atoms with van der Waals surface area (Å²) in [4.78, 5) is 4.28. The van der Waals surface area contributed by atoms with Crippen LogP contribution in [0.25, 0.3) is 12.2 Å². The van der Waals surface area contributed by atoms with Crippen LogP contribution in [0.4, 0.5) is 0 Å². The maximum atomic E-state index is 6.09. The highest BCUT2D eigenvalue weighted by Crippen LogP contribution is 2.26. The molecule has 2 rings (SSSR count). The quantitative estimate of drug-likeness (QED) is 0.914. The second kappa shape index (κ2) is 6.88. The fourth-order valence-electron chi connectivity index (χ4n) is 1.60. The van der Waals surface area contributed by atoms with Gasteiger partial charge in [0.05, 0.1) is 10.0 Å². The number of aromatic nitrogens is 2. The largest absolute Gasteiger partial charge is 0.335 e. The van der Waals surface area contributed by atoms with Gasteiger partial charge in [0.2, 0.25) is 0 Å². The molecule has 0 saturated heterocycles.